The molecule has 2 heterocycles. The smallest absolute Gasteiger partial charge is 0.227 e. The van der Waals surface area contributed by atoms with Crippen molar-refractivity contribution in [1.82, 2.24) is 15.1 Å². The Kier molecular flexibility index (Phi) is 14.6. The number of rotatable bonds is 16. The van der Waals surface area contributed by atoms with E-state index in [1.54, 1.807) is 13.8 Å². The maximum absolute atomic E-state index is 14.7. The lowest BCUT2D eigenvalue weighted by molar-refractivity contribution is -0.136. The van der Waals surface area contributed by atoms with Crippen LogP contribution in [0.3, 0.4) is 0 Å². The highest BCUT2D eigenvalue weighted by molar-refractivity contribution is 5.79. The van der Waals surface area contributed by atoms with E-state index >= 15 is 0 Å². The predicted molar refractivity (Wildman–Crippen MR) is 164 cm³/mol. The molecule has 2 amide bonds. The largest absolute Gasteiger partial charge is 0.493 e. The van der Waals surface area contributed by atoms with Gasteiger partial charge in [-0.2, -0.15) is 0 Å². The van der Waals surface area contributed by atoms with Crippen LogP contribution in [0.15, 0.2) is 12.1 Å². The van der Waals surface area contributed by atoms with Crippen LogP contribution in [-0.4, -0.2) is 136 Å². The van der Waals surface area contributed by atoms with Crippen molar-refractivity contribution in [3.8, 4) is 5.75 Å². The van der Waals surface area contributed by atoms with Crippen LogP contribution in [0.1, 0.15) is 51.5 Å². The van der Waals surface area contributed by atoms with Gasteiger partial charge in [0.05, 0.1) is 25.7 Å². The normalized spacial score (nSPS) is 21.6. The molecule has 1 aromatic rings. The lowest BCUT2D eigenvalue weighted by Crippen LogP contribution is -2.55. The predicted octanol–water partition coefficient (Wildman–Crippen LogP) is -0.204. The number of likely N-dealkylation sites (tertiary alicyclic amines) is 2. The van der Waals surface area contributed by atoms with Crippen molar-refractivity contribution >= 4 is 12.3 Å². The van der Waals surface area contributed by atoms with E-state index in [0.717, 1.165) is 63.7 Å². The lowest BCUT2D eigenvalue weighted by Gasteiger charge is -2.39. The monoisotopic (exact) mass is 659 g/mol. The maximum Gasteiger partial charge on any atom is 0.227 e. The van der Waals surface area contributed by atoms with Crippen molar-refractivity contribution in [2.45, 2.75) is 82.9 Å². The third kappa shape index (κ3) is 10.8. The van der Waals surface area contributed by atoms with Gasteiger partial charge in [-0.25, -0.2) is 8.78 Å². The van der Waals surface area contributed by atoms with Crippen molar-refractivity contribution in [3.05, 3.63) is 29.3 Å². The molecule has 3 aliphatic rings. The number of aliphatic hydroxyl groups excluding tert-OH is 6. The van der Waals surface area contributed by atoms with Gasteiger partial charge in [-0.3, -0.25) is 9.59 Å². The molecule has 1 spiro atoms. The SMILES string of the molecule is CC(C)O.O=CN1CCC2(CC1)CC2CCCOc1cc(F)c(CC(=O)N2CC(CNC[C@H](O)[C@@H](O)[C@H](O)[C@H](O)CO)C2)c(F)c1. The molecule has 14 heteroatoms. The summed E-state index contributed by atoms with van der Waals surface area (Å²) in [4.78, 5) is 26.8. The van der Waals surface area contributed by atoms with E-state index in [1.165, 1.54) is 4.90 Å². The summed E-state index contributed by atoms with van der Waals surface area (Å²) in [6.45, 7) is 5.66. The molecular formula is C32H51F2N3O9. The summed E-state index contributed by atoms with van der Waals surface area (Å²) >= 11 is 0. The number of hydrogen-bond acceptors (Lipinski definition) is 10. The number of halogens is 2. The number of nitrogens with zero attached hydrogens (tertiary/aromatic N) is 2. The molecular weight excluding hydrogens is 608 g/mol. The van der Waals surface area contributed by atoms with Gasteiger partial charge in [0.2, 0.25) is 12.3 Å². The van der Waals surface area contributed by atoms with Crippen LogP contribution in [-0.2, 0) is 16.0 Å². The third-order valence-corrected chi connectivity index (χ3v) is 9.13. The van der Waals surface area contributed by atoms with Gasteiger partial charge < -0.3 is 50.5 Å². The molecule has 0 aromatic heterocycles. The number of amides is 2. The summed E-state index contributed by atoms with van der Waals surface area (Å²) < 4.78 is 35.0. The van der Waals surface area contributed by atoms with Gasteiger partial charge in [0.15, 0.2) is 0 Å². The second-order valence-corrected chi connectivity index (χ2v) is 13.2. The van der Waals surface area contributed by atoms with Crippen molar-refractivity contribution < 1.29 is 53.7 Å². The Morgan fingerprint density at radius 2 is 1.65 bits per heavy atom. The van der Waals surface area contributed by atoms with E-state index < -0.39 is 55.0 Å². The summed E-state index contributed by atoms with van der Waals surface area (Å²) in [5, 5.41) is 58.6. The zero-order chi connectivity index (χ0) is 34.0. The van der Waals surface area contributed by atoms with E-state index in [0.29, 0.717) is 37.6 Å². The van der Waals surface area contributed by atoms with Gasteiger partial charge in [0, 0.05) is 69.0 Å². The Morgan fingerprint density at radius 3 is 2.22 bits per heavy atom. The summed E-state index contributed by atoms with van der Waals surface area (Å²) in [5.74, 6) is -1.34. The average Bonchev–Trinajstić information content (AvgIpc) is 3.67. The van der Waals surface area contributed by atoms with Gasteiger partial charge >= 0.3 is 0 Å². The highest BCUT2D eigenvalue weighted by Gasteiger charge is 2.53. The average molecular weight is 660 g/mol. The summed E-state index contributed by atoms with van der Waals surface area (Å²) in [6.07, 6.45) is -1.03. The third-order valence-electron chi connectivity index (χ3n) is 9.13. The molecule has 0 radical (unpaired) electrons. The first-order chi connectivity index (χ1) is 21.8. The van der Waals surface area contributed by atoms with E-state index in [4.69, 9.17) is 14.9 Å². The molecule has 2 aliphatic heterocycles. The summed E-state index contributed by atoms with van der Waals surface area (Å²) in [7, 11) is 0. The van der Waals surface area contributed by atoms with Crippen molar-refractivity contribution in [1.29, 1.82) is 0 Å². The molecule has 1 unspecified atom stereocenters. The van der Waals surface area contributed by atoms with Crippen LogP contribution >= 0.6 is 0 Å². The van der Waals surface area contributed by atoms with E-state index in [9.17, 15) is 38.8 Å². The number of aliphatic hydroxyl groups is 6. The molecule has 1 saturated carbocycles. The Hall–Kier alpha value is -2.46. The van der Waals surface area contributed by atoms with Crippen molar-refractivity contribution in [2.24, 2.45) is 17.3 Å². The quantitative estimate of drug-likeness (QED) is 0.0927. The fourth-order valence-corrected chi connectivity index (χ4v) is 6.16. The molecule has 12 nitrogen and oxygen atoms in total. The first-order valence-electron chi connectivity index (χ1n) is 16.1. The Labute approximate surface area is 269 Å². The van der Waals surface area contributed by atoms with Crippen LogP contribution in [0.4, 0.5) is 8.78 Å². The number of piperidine rings is 1. The molecule has 0 bridgehead atoms. The first kappa shape index (κ1) is 38.0. The minimum atomic E-state index is -1.70. The van der Waals surface area contributed by atoms with E-state index in [1.807, 2.05) is 4.90 Å². The van der Waals surface area contributed by atoms with Crippen molar-refractivity contribution in [3.63, 3.8) is 0 Å². The highest BCUT2D eigenvalue weighted by atomic mass is 19.1. The van der Waals surface area contributed by atoms with Gasteiger partial charge in [-0.15, -0.1) is 0 Å². The van der Waals surface area contributed by atoms with Crippen LogP contribution in [0.5, 0.6) is 5.75 Å². The number of hydrogen-bond donors (Lipinski definition) is 7. The van der Waals surface area contributed by atoms with Crippen LogP contribution in [0, 0.1) is 28.9 Å². The molecule has 5 atom stereocenters. The number of carbonyl (C=O) groups excluding carboxylic acids is 2. The number of carbonyl (C=O) groups is 2. The number of nitrogens with one attached hydrogen (secondary N) is 1. The first-order valence-corrected chi connectivity index (χ1v) is 16.1. The second kappa shape index (κ2) is 17.6. The number of ether oxygens (including phenoxy) is 1. The minimum absolute atomic E-state index is 0.0337. The Morgan fingerprint density at radius 1 is 1.07 bits per heavy atom. The minimum Gasteiger partial charge on any atom is -0.493 e. The van der Waals surface area contributed by atoms with Crippen LogP contribution < -0.4 is 10.1 Å². The summed E-state index contributed by atoms with van der Waals surface area (Å²) in [5.41, 5.74) is 0.0398. The molecule has 3 fully saturated rings. The second-order valence-electron chi connectivity index (χ2n) is 13.2. The molecule has 46 heavy (non-hydrogen) atoms. The zero-order valence-corrected chi connectivity index (χ0v) is 26.7. The number of benzene rings is 1. The van der Waals surface area contributed by atoms with Gasteiger partial charge in [0.25, 0.3) is 0 Å². The fraction of sp³-hybridized carbons (Fsp3) is 0.750. The molecule has 262 valence electrons. The molecule has 4 rings (SSSR count). The summed E-state index contributed by atoms with van der Waals surface area (Å²) in [6, 6.07) is 2.22. The standard InChI is InChI=1S/C29H43F2N3O8.C3H8O/c30-22-8-20(42-7-1-2-19-11-29(19)3-5-33(17-36)6-4-29)9-23(31)21(22)10-26(39)34-14-18(15-34)12-32-13-24(37)27(40)28(41)25(38)16-35;1-3(2)4/h8-9,17-19,24-25,27-28,32,35,37-38,40-41H,1-7,10-16H2;3-4H,1-2H3/t19?,24-,25+,27+,28+;/m0./s1. The molecule has 2 saturated heterocycles. The molecule has 1 aliphatic carbocycles. The Balaban J connectivity index is 0.00000136. The molecule has 7 N–H and O–H groups in total. The van der Waals surface area contributed by atoms with E-state index in [-0.39, 0.29) is 29.9 Å². The molecule has 1 aromatic carbocycles. The van der Waals surface area contributed by atoms with Gasteiger partial charge in [0.1, 0.15) is 35.7 Å². The topological polar surface area (TPSA) is 183 Å². The zero-order valence-electron chi connectivity index (χ0n) is 26.7. The van der Waals surface area contributed by atoms with Gasteiger partial charge in [-0.1, -0.05) is 0 Å². The van der Waals surface area contributed by atoms with Gasteiger partial charge in [-0.05, 0) is 57.3 Å². The highest BCUT2D eigenvalue weighted by Crippen LogP contribution is 2.61. The Bertz CT molecular complexity index is 1090. The lowest BCUT2D eigenvalue weighted by atomic mass is 9.90. The van der Waals surface area contributed by atoms with E-state index in [2.05, 4.69) is 5.32 Å². The van der Waals surface area contributed by atoms with Crippen LogP contribution in [0.25, 0.3) is 0 Å². The van der Waals surface area contributed by atoms with Crippen molar-refractivity contribution in [2.75, 3.05) is 52.5 Å². The maximum atomic E-state index is 14.7. The fourth-order valence-electron chi connectivity index (χ4n) is 6.16. The van der Waals surface area contributed by atoms with Crippen LogP contribution in [0.2, 0.25) is 0 Å².